The molecule has 0 unspecified atom stereocenters. The minimum Gasteiger partial charge on any atom is -0.295 e. The van der Waals surface area contributed by atoms with Gasteiger partial charge in [0.2, 0.25) is 0 Å². The van der Waals surface area contributed by atoms with E-state index in [9.17, 15) is 45.3 Å². The summed E-state index contributed by atoms with van der Waals surface area (Å²) >= 11 is 0. The van der Waals surface area contributed by atoms with Gasteiger partial charge in [-0.25, -0.2) is 14.9 Å². The molecule has 22 heavy (non-hydrogen) atoms. The Balaban J connectivity index is 3.17. The fourth-order valence-electron chi connectivity index (χ4n) is 1.85. The molecule has 15 heteroatoms. The van der Waals surface area contributed by atoms with Crippen molar-refractivity contribution in [3.05, 3.63) is 57.0 Å². The maximum absolute atomic E-state index is 11.4. The first-order chi connectivity index (χ1) is 10.2. The minimum atomic E-state index is -1.49. The van der Waals surface area contributed by atoms with Crippen molar-refractivity contribution in [2.24, 2.45) is 0 Å². The number of nitro benzene ring substituents is 3. The van der Waals surface area contributed by atoms with Gasteiger partial charge < -0.3 is 0 Å². The van der Waals surface area contributed by atoms with E-state index < -0.39 is 53.6 Å². The molecule has 1 aromatic carbocycles. The van der Waals surface area contributed by atoms with E-state index >= 15 is 0 Å². The van der Waals surface area contributed by atoms with Gasteiger partial charge in [0, 0.05) is 0 Å². The third-order valence-corrected chi connectivity index (χ3v) is 2.61. The Morgan fingerprint density at radius 2 is 1.45 bits per heavy atom. The zero-order chi connectivity index (χ0) is 16.8. The van der Waals surface area contributed by atoms with Crippen LogP contribution in [0.2, 0.25) is 0 Å². The molecular weight excluding hydrogens is 312 g/mol. The maximum Gasteiger partial charge on any atom is 0.424 e. The summed E-state index contributed by atoms with van der Waals surface area (Å²) in [6.45, 7) is 0. The lowest BCUT2D eigenvalue weighted by atomic mass is 10.2. The van der Waals surface area contributed by atoms with Crippen molar-refractivity contribution in [2.75, 3.05) is 0 Å². The molecule has 0 aliphatic carbocycles. The van der Waals surface area contributed by atoms with Gasteiger partial charge in [0.1, 0.15) is 0 Å². The molecule has 2 aromatic rings. The van der Waals surface area contributed by atoms with E-state index in [4.69, 9.17) is 0 Å². The normalized spacial score (nSPS) is 10.5. The Morgan fingerprint density at radius 3 is 1.86 bits per heavy atom. The number of fused-ring (bicyclic) bond motifs is 1. The number of H-pyrrole nitrogens is 1. The molecule has 0 fully saturated rings. The molecule has 0 amide bonds. The zero-order valence-electron chi connectivity index (χ0n) is 9.99. The number of imidazole rings is 1. The van der Waals surface area contributed by atoms with Crippen LogP contribution in [0.5, 0.6) is 0 Å². The molecule has 1 aromatic heterocycles. The lowest BCUT2D eigenvalue weighted by Gasteiger charge is -1.98. The summed E-state index contributed by atoms with van der Waals surface area (Å²) < 4.78 is -0.223. The fraction of sp³-hybridized carbons (Fsp3) is 0. The lowest BCUT2D eigenvalue weighted by Crippen LogP contribution is -2.23. The van der Waals surface area contributed by atoms with Crippen molar-refractivity contribution in [1.29, 1.82) is 0 Å². The molecule has 0 saturated heterocycles. The summed E-state index contributed by atoms with van der Waals surface area (Å²) in [7, 11) is 0. The Bertz CT molecular complexity index is 923. The molecule has 1 N–H and O–H groups in total. The average molecular weight is 314 g/mol. The molecule has 1 heterocycles. The predicted octanol–water partition coefficient (Wildman–Crippen LogP) is 0.0940. The molecule has 15 nitrogen and oxygen atoms in total. The number of benzene rings is 1. The maximum atomic E-state index is 11.4. The number of aromatic amines is 1. The SMILES string of the molecule is O=c1[nH]c2c([N+](=O)[O-])c([N+](=O)[O-])c([N+](=O)[O-])cc2n1[N+](=O)[O-]. The van der Waals surface area contributed by atoms with Crippen LogP contribution >= 0.6 is 0 Å². The van der Waals surface area contributed by atoms with Crippen LogP contribution in [0.25, 0.3) is 11.0 Å². The summed E-state index contributed by atoms with van der Waals surface area (Å²) in [6.07, 6.45) is 0. The van der Waals surface area contributed by atoms with Crippen LogP contribution < -0.4 is 5.69 Å². The highest BCUT2D eigenvalue weighted by Gasteiger charge is 2.41. The molecule has 0 aliphatic heterocycles. The first kappa shape index (κ1) is 14.5. The molecule has 2 rings (SSSR count). The van der Waals surface area contributed by atoms with E-state index in [0.717, 1.165) is 0 Å². The molecule has 114 valence electrons. The highest BCUT2D eigenvalue weighted by molar-refractivity contribution is 5.94. The number of nitrogens with one attached hydrogen (secondary N) is 1. The Labute approximate surface area is 115 Å². The Kier molecular flexibility index (Phi) is 3.02. The van der Waals surface area contributed by atoms with E-state index in [1.807, 2.05) is 0 Å². The van der Waals surface area contributed by atoms with E-state index in [0.29, 0.717) is 6.07 Å². The van der Waals surface area contributed by atoms with Crippen molar-refractivity contribution in [1.82, 2.24) is 9.66 Å². The summed E-state index contributed by atoms with van der Waals surface area (Å²) in [4.78, 5) is 52.6. The van der Waals surface area contributed by atoms with E-state index in [1.54, 1.807) is 4.98 Å². The summed E-state index contributed by atoms with van der Waals surface area (Å²) in [5.74, 6) is 0. The zero-order valence-corrected chi connectivity index (χ0v) is 9.99. The van der Waals surface area contributed by atoms with Crippen LogP contribution in [0, 0.1) is 40.5 Å². The van der Waals surface area contributed by atoms with Crippen molar-refractivity contribution in [3.63, 3.8) is 0 Å². The number of nitrogens with zero attached hydrogens (tertiary/aromatic N) is 5. The van der Waals surface area contributed by atoms with Crippen LogP contribution in [0.15, 0.2) is 10.9 Å². The van der Waals surface area contributed by atoms with Gasteiger partial charge in [-0.15, -0.1) is 0 Å². The second kappa shape index (κ2) is 4.58. The number of hydrogen-bond acceptors (Lipinski definition) is 9. The van der Waals surface area contributed by atoms with Crippen molar-refractivity contribution < 1.29 is 19.8 Å². The first-order valence-corrected chi connectivity index (χ1v) is 5.06. The molecule has 0 saturated carbocycles. The standard InChI is InChI=1S/C7H2N6O9/c14-7-8-4-2(9(7)13(21)22)1-3(10(15)16)5(11(17)18)6(4)12(19)20/h1H,(H,8,14). The van der Waals surface area contributed by atoms with Gasteiger partial charge in [-0.1, -0.05) is 0 Å². The number of nitro groups is 4. The molecule has 0 spiro atoms. The van der Waals surface area contributed by atoms with E-state index in [1.165, 1.54) is 0 Å². The summed E-state index contributed by atoms with van der Waals surface area (Å²) in [5.41, 5.74) is -7.38. The van der Waals surface area contributed by atoms with Crippen LogP contribution in [-0.4, -0.2) is 29.5 Å². The smallest absolute Gasteiger partial charge is 0.295 e. The van der Waals surface area contributed by atoms with Crippen molar-refractivity contribution in [3.8, 4) is 0 Å². The van der Waals surface area contributed by atoms with Gasteiger partial charge >= 0.3 is 22.8 Å². The van der Waals surface area contributed by atoms with Gasteiger partial charge in [-0.2, -0.15) is 0 Å². The van der Waals surface area contributed by atoms with E-state index in [2.05, 4.69) is 0 Å². The summed E-state index contributed by atoms with van der Waals surface area (Å²) in [5, 5.41) is 42.2. The van der Waals surface area contributed by atoms with Gasteiger partial charge in [-0.3, -0.25) is 35.3 Å². The number of rotatable bonds is 4. The monoisotopic (exact) mass is 314 g/mol. The quantitative estimate of drug-likeness (QED) is 0.597. The second-order valence-electron chi connectivity index (χ2n) is 3.74. The molecular formula is C7H2N6O9. The predicted molar refractivity (Wildman–Crippen MR) is 64.9 cm³/mol. The largest absolute Gasteiger partial charge is 0.424 e. The van der Waals surface area contributed by atoms with Gasteiger partial charge in [0.15, 0.2) is 16.1 Å². The third-order valence-electron chi connectivity index (χ3n) is 2.61. The van der Waals surface area contributed by atoms with Gasteiger partial charge in [0.25, 0.3) is 0 Å². The fourth-order valence-corrected chi connectivity index (χ4v) is 1.85. The molecule has 0 aliphatic rings. The van der Waals surface area contributed by atoms with Gasteiger partial charge in [-0.05, 0) is 4.68 Å². The molecule has 0 atom stereocenters. The third kappa shape index (κ3) is 1.88. The first-order valence-electron chi connectivity index (χ1n) is 5.06. The Hall–Kier alpha value is -3.91. The van der Waals surface area contributed by atoms with Crippen molar-refractivity contribution in [2.45, 2.75) is 0 Å². The Morgan fingerprint density at radius 1 is 0.909 bits per heavy atom. The van der Waals surface area contributed by atoms with Gasteiger partial charge in [0.05, 0.1) is 20.8 Å². The number of aromatic nitrogens is 2. The van der Waals surface area contributed by atoms with E-state index in [-0.39, 0.29) is 4.68 Å². The van der Waals surface area contributed by atoms with Crippen LogP contribution in [-0.2, 0) is 0 Å². The average Bonchev–Trinajstić information content (AvgIpc) is 2.71. The topological polar surface area (TPSA) is 210 Å². The summed E-state index contributed by atoms with van der Waals surface area (Å²) in [6, 6.07) is 0.348. The lowest BCUT2D eigenvalue weighted by molar-refractivity contribution is -0.540. The van der Waals surface area contributed by atoms with Crippen molar-refractivity contribution >= 4 is 28.1 Å². The highest BCUT2D eigenvalue weighted by atomic mass is 16.7. The van der Waals surface area contributed by atoms with Crippen LogP contribution in [0.3, 0.4) is 0 Å². The highest BCUT2D eigenvalue weighted by Crippen LogP contribution is 2.41. The van der Waals surface area contributed by atoms with Crippen LogP contribution in [0.4, 0.5) is 17.1 Å². The number of hydrogen-bond donors (Lipinski definition) is 1. The molecule has 0 bridgehead atoms. The van der Waals surface area contributed by atoms with Crippen LogP contribution in [0.1, 0.15) is 0 Å². The molecule has 0 radical (unpaired) electrons. The second-order valence-corrected chi connectivity index (χ2v) is 3.74. The minimum absolute atomic E-state index is 0.223.